The highest BCUT2D eigenvalue weighted by molar-refractivity contribution is 5.94. The lowest BCUT2D eigenvalue weighted by Crippen LogP contribution is -2.41. The Labute approximate surface area is 113 Å². The molecule has 0 spiro atoms. The van der Waals surface area contributed by atoms with Crippen LogP contribution in [0.15, 0.2) is 0 Å². The second kappa shape index (κ2) is 7.76. The molecule has 0 aliphatic heterocycles. The van der Waals surface area contributed by atoms with E-state index in [9.17, 15) is 14.4 Å². The van der Waals surface area contributed by atoms with Gasteiger partial charge in [-0.2, -0.15) is 0 Å². The minimum absolute atomic E-state index is 0.00307. The summed E-state index contributed by atoms with van der Waals surface area (Å²) >= 11 is 0. The third-order valence-corrected chi connectivity index (χ3v) is 2.53. The van der Waals surface area contributed by atoms with Crippen LogP contribution in [0.4, 0.5) is 4.79 Å². The van der Waals surface area contributed by atoms with Crippen LogP contribution in [0.3, 0.4) is 0 Å². The molecular formula is C13H24N2O4. The molecule has 0 unspecified atom stereocenters. The predicted octanol–water partition coefficient (Wildman–Crippen LogP) is 1.75. The molecule has 0 aromatic rings. The lowest BCUT2D eigenvalue weighted by atomic mass is 9.85. The fraction of sp³-hybridized carbons (Fsp3) is 0.769. The second-order valence-electron chi connectivity index (χ2n) is 5.90. The number of carboxylic acids is 1. The predicted molar refractivity (Wildman–Crippen MR) is 71.6 cm³/mol. The molecule has 3 N–H and O–H groups in total. The van der Waals surface area contributed by atoms with Crippen LogP contribution in [-0.4, -0.2) is 29.6 Å². The van der Waals surface area contributed by atoms with E-state index < -0.39 is 23.3 Å². The number of urea groups is 1. The summed E-state index contributed by atoms with van der Waals surface area (Å²) in [6, 6.07) is -0.531. The largest absolute Gasteiger partial charge is 0.481 e. The van der Waals surface area contributed by atoms with Crippen molar-refractivity contribution in [2.75, 3.05) is 6.54 Å². The molecule has 3 amide bonds. The van der Waals surface area contributed by atoms with Gasteiger partial charge in [-0.25, -0.2) is 4.79 Å². The maximum atomic E-state index is 11.6. The Balaban J connectivity index is 4.03. The quantitative estimate of drug-likeness (QED) is 0.658. The number of imide groups is 1. The van der Waals surface area contributed by atoms with E-state index in [2.05, 4.69) is 10.6 Å². The Morgan fingerprint density at radius 3 is 2.21 bits per heavy atom. The number of carbonyl (C=O) groups is 3. The van der Waals surface area contributed by atoms with Gasteiger partial charge in [0, 0.05) is 13.0 Å². The summed E-state index contributed by atoms with van der Waals surface area (Å²) in [6.45, 7) is 7.95. The maximum absolute atomic E-state index is 11.6. The van der Waals surface area contributed by atoms with Crippen molar-refractivity contribution in [3.8, 4) is 0 Å². The van der Waals surface area contributed by atoms with Crippen molar-refractivity contribution in [1.82, 2.24) is 10.6 Å². The number of hydrogen-bond acceptors (Lipinski definition) is 3. The normalized spacial score (nSPS) is 11.2. The van der Waals surface area contributed by atoms with E-state index in [1.165, 1.54) is 0 Å². The van der Waals surface area contributed by atoms with Gasteiger partial charge in [-0.3, -0.25) is 14.9 Å². The van der Waals surface area contributed by atoms with Crippen LogP contribution < -0.4 is 10.6 Å². The number of carbonyl (C=O) groups excluding carboxylic acids is 2. The zero-order valence-corrected chi connectivity index (χ0v) is 12.1. The first-order chi connectivity index (χ1) is 8.62. The Morgan fingerprint density at radius 2 is 1.74 bits per heavy atom. The molecule has 0 aliphatic rings. The van der Waals surface area contributed by atoms with Gasteiger partial charge in [-0.1, -0.05) is 27.7 Å². The highest BCUT2D eigenvalue weighted by Gasteiger charge is 2.25. The molecule has 0 saturated carbocycles. The SMILES string of the molecule is CC(C)CCNC(=O)NC(=O)CC(C)(C)CC(=O)O. The Bertz CT molecular complexity index is 338. The fourth-order valence-corrected chi connectivity index (χ4v) is 1.60. The van der Waals surface area contributed by atoms with Crippen LogP contribution in [0.1, 0.15) is 47.0 Å². The van der Waals surface area contributed by atoms with Crippen molar-refractivity contribution in [2.24, 2.45) is 11.3 Å². The summed E-state index contributed by atoms with van der Waals surface area (Å²) in [6.07, 6.45) is 0.721. The van der Waals surface area contributed by atoms with Crippen molar-refractivity contribution >= 4 is 17.9 Å². The third-order valence-electron chi connectivity index (χ3n) is 2.53. The molecule has 110 valence electrons. The highest BCUT2D eigenvalue weighted by Crippen LogP contribution is 2.24. The van der Waals surface area contributed by atoms with Crippen molar-refractivity contribution in [3.63, 3.8) is 0 Å². The van der Waals surface area contributed by atoms with Crippen molar-refractivity contribution in [2.45, 2.75) is 47.0 Å². The Morgan fingerprint density at radius 1 is 1.16 bits per heavy atom. The first kappa shape index (κ1) is 17.4. The molecule has 0 aromatic heterocycles. The molecule has 0 rings (SSSR count). The van der Waals surface area contributed by atoms with E-state index in [0.717, 1.165) is 6.42 Å². The molecule has 0 aromatic carbocycles. The summed E-state index contributed by atoms with van der Waals surface area (Å²) in [7, 11) is 0. The second-order valence-corrected chi connectivity index (χ2v) is 5.90. The van der Waals surface area contributed by atoms with E-state index in [1.807, 2.05) is 13.8 Å². The summed E-state index contributed by atoms with van der Waals surface area (Å²) in [5.41, 5.74) is -0.672. The smallest absolute Gasteiger partial charge is 0.321 e. The molecule has 0 atom stereocenters. The minimum Gasteiger partial charge on any atom is -0.481 e. The van der Waals surface area contributed by atoms with Crippen molar-refractivity contribution < 1.29 is 19.5 Å². The molecule has 0 heterocycles. The van der Waals surface area contributed by atoms with Crippen LogP contribution in [0.2, 0.25) is 0 Å². The number of rotatable bonds is 7. The number of amides is 3. The van der Waals surface area contributed by atoms with Crippen LogP contribution in [-0.2, 0) is 9.59 Å². The molecule has 0 fully saturated rings. The van der Waals surface area contributed by atoms with Gasteiger partial charge < -0.3 is 10.4 Å². The van der Waals surface area contributed by atoms with Gasteiger partial charge in [0.25, 0.3) is 0 Å². The zero-order valence-electron chi connectivity index (χ0n) is 12.1. The van der Waals surface area contributed by atoms with Gasteiger partial charge >= 0.3 is 12.0 Å². The third kappa shape index (κ3) is 10.1. The minimum atomic E-state index is -0.959. The van der Waals surface area contributed by atoms with Crippen LogP contribution in [0, 0.1) is 11.3 Å². The Kier molecular flexibility index (Phi) is 7.11. The van der Waals surface area contributed by atoms with Gasteiger partial charge in [0.05, 0.1) is 6.42 Å². The number of carboxylic acid groups (broad SMARTS) is 1. The monoisotopic (exact) mass is 272 g/mol. The van der Waals surface area contributed by atoms with Gasteiger partial charge in [-0.05, 0) is 17.8 Å². The number of hydrogen-bond donors (Lipinski definition) is 3. The molecule has 19 heavy (non-hydrogen) atoms. The van der Waals surface area contributed by atoms with E-state index in [1.54, 1.807) is 13.8 Å². The number of nitrogens with one attached hydrogen (secondary N) is 2. The van der Waals surface area contributed by atoms with Crippen molar-refractivity contribution in [3.05, 3.63) is 0 Å². The maximum Gasteiger partial charge on any atom is 0.321 e. The summed E-state index contributed by atoms with van der Waals surface area (Å²) in [5.74, 6) is -0.946. The molecule has 0 radical (unpaired) electrons. The van der Waals surface area contributed by atoms with E-state index in [0.29, 0.717) is 12.5 Å². The molecule has 0 saturated heterocycles. The fourth-order valence-electron chi connectivity index (χ4n) is 1.60. The topological polar surface area (TPSA) is 95.5 Å². The molecule has 0 bridgehead atoms. The first-order valence-corrected chi connectivity index (χ1v) is 6.42. The van der Waals surface area contributed by atoms with Gasteiger partial charge in [0.2, 0.25) is 5.91 Å². The standard InChI is InChI=1S/C13H24N2O4/c1-9(2)5-6-14-12(19)15-10(16)7-13(3,4)8-11(17)18/h9H,5-8H2,1-4H3,(H,17,18)(H2,14,15,16,19). The van der Waals surface area contributed by atoms with Crippen LogP contribution in [0.5, 0.6) is 0 Å². The molecule has 0 aliphatic carbocycles. The zero-order chi connectivity index (χ0) is 15.1. The van der Waals surface area contributed by atoms with Crippen LogP contribution in [0.25, 0.3) is 0 Å². The average Bonchev–Trinajstić information content (AvgIpc) is 2.12. The van der Waals surface area contributed by atoms with E-state index in [4.69, 9.17) is 5.11 Å². The van der Waals surface area contributed by atoms with Gasteiger partial charge in [0.1, 0.15) is 0 Å². The van der Waals surface area contributed by atoms with E-state index >= 15 is 0 Å². The first-order valence-electron chi connectivity index (χ1n) is 6.42. The molecule has 6 nitrogen and oxygen atoms in total. The lowest BCUT2D eigenvalue weighted by molar-refractivity contribution is -0.139. The summed E-state index contributed by atoms with van der Waals surface area (Å²) in [5, 5.41) is 13.5. The molecule has 6 heteroatoms. The lowest BCUT2D eigenvalue weighted by Gasteiger charge is -2.21. The highest BCUT2D eigenvalue weighted by atomic mass is 16.4. The van der Waals surface area contributed by atoms with Gasteiger partial charge in [0.15, 0.2) is 0 Å². The van der Waals surface area contributed by atoms with Crippen LogP contribution >= 0.6 is 0 Å². The summed E-state index contributed by atoms with van der Waals surface area (Å²) < 4.78 is 0. The van der Waals surface area contributed by atoms with E-state index in [-0.39, 0.29) is 12.8 Å². The number of aliphatic carboxylic acids is 1. The van der Waals surface area contributed by atoms with Gasteiger partial charge in [-0.15, -0.1) is 0 Å². The van der Waals surface area contributed by atoms with Crippen molar-refractivity contribution in [1.29, 1.82) is 0 Å². The average molecular weight is 272 g/mol. The Hall–Kier alpha value is -1.59. The summed E-state index contributed by atoms with van der Waals surface area (Å²) in [4.78, 5) is 33.6. The molecular weight excluding hydrogens is 248 g/mol.